The largest absolute Gasteiger partial charge is 0.487 e. The van der Waals surface area contributed by atoms with Crippen LogP contribution in [0.5, 0.6) is 5.75 Å². The van der Waals surface area contributed by atoms with Crippen LogP contribution in [0.4, 0.5) is 0 Å². The van der Waals surface area contributed by atoms with Crippen molar-refractivity contribution < 1.29 is 4.74 Å². The lowest BCUT2D eigenvalue weighted by Gasteiger charge is -2.43. The summed E-state index contributed by atoms with van der Waals surface area (Å²) in [6, 6.07) is 8.88. The molecule has 1 aliphatic carbocycles. The molecule has 3 rings (SSSR count). The fourth-order valence-electron chi connectivity index (χ4n) is 3.56. The maximum absolute atomic E-state index is 9.51. The molecule has 0 bridgehead atoms. The summed E-state index contributed by atoms with van der Waals surface area (Å²) in [4.78, 5) is 0. The van der Waals surface area contributed by atoms with Crippen molar-refractivity contribution in [2.45, 2.75) is 63.4 Å². The van der Waals surface area contributed by atoms with E-state index in [1.807, 2.05) is 0 Å². The Kier molecular flexibility index (Phi) is 3.22. The molecule has 1 saturated carbocycles. The average molecular weight is 255 g/mol. The zero-order chi connectivity index (χ0) is 13.3. The smallest absolute Gasteiger partial charge is 0.124 e. The van der Waals surface area contributed by atoms with Crippen molar-refractivity contribution in [1.82, 2.24) is 0 Å². The first kappa shape index (κ1) is 12.5. The van der Waals surface area contributed by atoms with Gasteiger partial charge in [-0.2, -0.15) is 5.26 Å². The standard InChI is InChI=1S/C17H21NO/c1-2-13-6-7-16-15(10-13)14(12-18)11-17(19-16)8-4-3-5-9-17/h6-7,10,14H,2-5,8-9,11H2,1H3. The van der Waals surface area contributed by atoms with Crippen LogP contribution in [0.3, 0.4) is 0 Å². The Bertz CT molecular complexity index is 508. The first-order chi connectivity index (χ1) is 9.26. The number of benzene rings is 1. The second-order valence-electron chi connectivity index (χ2n) is 5.96. The minimum Gasteiger partial charge on any atom is -0.487 e. The van der Waals surface area contributed by atoms with E-state index >= 15 is 0 Å². The minimum atomic E-state index is -0.0562. The van der Waals surface area contributed by atoms with Gasteiger partial charge < -0.3 is 4.74 Å². The summed E-state index contributed by atoms with van der Waals surface area (Å²) in [6.07, 6.45) is 7.89. The predicted molar refractivity (Wildman–Crippen MR) is 75.2 cm³/mol. The molecule has 100 valence electrons. The van der Waals surface area contributed by atoms with Crippen LogP contribution >= 0.6 is 0 Å². The number of ether oxygens (including phenoxy) is 1. The first-order valence-corrected chi connectivity index (χ1v) is 7.48. The molecule has 1 aromatic carbocycles. The van der Waals surface area contributed by atoms with Gasteiger partial charge in [0.1, 0.15) is 11.4 Å². The van der Waals surface area contributed by atoms with Crippen LogP contribution in [0.15, 0.2) is 18.2 Å². The maximum atomic E-state index is 9.51. The fraction of sp³-hybridized carbons (Fsp3) is 0.588. The molecule has 1 atom stereocenters. The average Bonchev–Trinajstić information content (AvgIpc) is 2.47. The van der Waals surface area contributed by atoms with Crippen molar-refractivity contribution in [3.8, 4) is 11.8 Å². The molecule has 2 aliphatic rings. The molecule has 0 amide bonds. The van der Waals surface area contributed by atoms with Gasteiger partial charge in [0.25, 0.3) is 0 Å². The molecule has 1 unspecified atom stereocenters. The van der Waals surface area contributed by atoms with E-state index in [1.54, 1.807) is 0 Å². The van der Waals surface area contributed by atoms with Gasteiger partial charge in [-0.15, -0.1) is 0 Å². The summed E-state index contributed by atoms with van der Waals surface area (Å²) in [5.41, 5.74) is 2.35. The highest BCUT2D eigenvalue weighted by molar-refractivity contribution is 5.44. The van der Waals surface area contributed by atoms with Crippen molar-refractivity contribution in [2.24, 2.45) is 0 Å². The van der Waals surface area contributed by atoms with Gasteiger partial charge in [-0.3, -0.25) is 0 Å². The maximum Gasteiger partial charge on any atom is 0.124 e. The molecule has 0 saturated heterocycles. The van der Waals surface area contributed by atoms with Crippen LogP contribution in [0.2, 0.25) is 0 Å². The third kappa shape index (κ3) is 2.23. The Morgan fingerprint density at radius 1 is 1.32 bits per heavy atom. The Labute approximate surface area is 115 Å². The lowest BCUT2D eigenvalue weighted by Crippen LogP contribution is -2.42. The minimum absolute atomic E-state index is 0.00773. The molecule has 19 heavy (non-hydrogen) atoms. The van der Waals surface area contributed by atoms with Gasteiger partial charge in [-0.05, 0) is 43.7 Å². The van der Waals surface area contributed by atoms with E-state index in [0.29, 0.717) is 0 Å². The Hall–Kier alpha value is -1.49. The molecule has 2 heteroatoms. The van der Waals surface area contributed by atoms with E-state index in [9.17, 15) is 5.26 Å². The highest BCUT2D eigenvalue weighted by Gasteiger charge is 2.41. The van der Waals surface area contributed by atoms with Gasteiger partial charge in [-0.25, -0.2) is 0 Å². The molecule has 1 fully saturated rings. The Balaban J connectivity index is 1.97. The summed E-state index contributed by atoms with van der Waals surface area (Å²) < 4.78 is 6.34. The van der Waals surface area contributed by atoms with E-state index < -0.39 is 0 Å². The highest BCUT2D eigenvalue weighted by Crippen LogP contribution is 2.47. The molecule has 1 heterocycles. The van der Waals surface area contributed by atoms with Crippen molar-refractivity contribution in [3.05, 3.63) is 29.3 Å². The molecule has 0 aromatic heterocycles. The number of nitriles is 1. The fourth-order valence-corrected chi connectivity index (χ4v) is 3.56. The van der Waals surface area contributed by atoms with Crippen LogP contribution in [-0.2, 0) is 6.42 Å². The van der Waals surface area contributed by atoms with Gasteiger partial charge >= 0.3 is 0 Å². The SMILES string of the molecule is CCc1ccc2c(c1)C(C#N)CC1(CCCCC1)O2. The summed E-state index contributed by atoms with van der Waals surface area (Å²) in [5, 5.41) is 9.51. The molecule has 1 aliphatic heterocycles. The van der Waals surface area contributed by atoms with E-state index in [-0.39, 0.29) is 11.5 Å². The molecule has 1 spiro atoms. The lowest BCUT2D eigenvalue weighted by atomic mass is 9.75. The monoisotopic (exact) mass is 255 g/mol. The predicted octanol–water partition coefficient (Wildman–Crippen LogP) is 4.34. The van der Waals surface area contributed by atoms with Crippen LogP contribution in [0, 0.1) is 11.3 Å². The quantitative estimate of drug-likeness (QED) is 0.747. The molecule has 1 aromatic rings. The summed E-state index contributed by atoms with van der Waals surface area (Å²) in [7, 11) is 0. The zero-order valence-corrected chi connectivity index (χ0v) is 11.6. The van der Waals surface area contributed by atoms with Crippen LogP contribution in [0.25, 0.3) is 0 Å². The van der Waals surface area contributed by atoms with E-state index in [2.05, 4.69) is 31.2 Å². The molecule has 0 N–H and O–H groups in total. The molecule has 2 nitrogen and oxygen atoms in total. The highest BCUT2D eigenvalue weighted by atomic mass is 16.5. The normalized spacial score (nSPS) is 24.3. The number of nitrogens with zero attached hydrogens (tertiary/aromatic N) is 1. The van der Waals surface area contributed by atoms with Crippen LogP contribution < -0.4 is 4.74 Å². The zero-order valence-electron chi connectivity index (χ0n) is 11.6. The second-order valence-corrected chi connectivity index (χ2v) is 5.96. The van der Waals surface area contributed by atoms with Crippen molar-refractivity contribution in [2.75, 3.05) is 0 Å². The summed E-state index contributed by atoms with van der Waals surface area (Å²) in [6.45, 7) is 2.15. The Morgan fingerprint density at radius 3 is 2.79 bits per heavy atom. The summed E-state index contributed by atoms with van der Waals surface area (Å²) >= 11 is 0. The van der Waals surface area contributed by atoms with E-state index in [4.69, 9.17) is 4.74 Å². The molecular weight excluding hydrogens is 234 g/mol. The first-order valence-electron chi connectivity index (χ1n) is 7.48. The topological polar surface area (TPSA) is 33.0 Å². The Morgan fingerprint density at radius 2 is 2.11 bits per heavy atom. The van der Waals surface area contributed by atoms with Gasteiger partial charge in [-0.1, -0.05) is 25.5 Å². The number of fused-ring (bicyclic) bond motifs is 1. The second kappa shape index (κ2) is 4.89. The summed E-state index contributed by atoms with van der Waals surface area (Å²) in [5.74, 6) is 0.963. The molecule has 0 radical (unpaired) electrons. The molecular formula is C17H21NO. The van der Waals surface area contributed by atoms with Crippen molar-refractivity contribution >= 4 is 0 Å². The third-order valence-electron chi connectivity index (χ3n) is 4.68. The van der Waals surface area contributed by atoms with E-state index in [1.165, 1.54) is 24.8 Å². The number of aryl methyl sites for hydroxylation is 1. The third-order valence-corrected chi connectivity index (χ3v) is 4.68. The van der Waals surface area contributed by atoms with Gasteiger partial charge in [0.05, 0.1) is 12.0 Å². The van der Waals surface area contributed by atoms with Gasteiger partial charge in [0.15, 0.2) is 0 Å². The van der Waals surface area contributed by atoms with Crippen molar-refractivity contribution in [3.63, 3.8) is 0 Å². The van der Waals surface area contributed by atoms with Crippen molar-refractivity contribution in [1.29, 1.82) is 5.26 Å². The number of hydrogen-bond acceptors (Lipinski definition) is 2. The van der Waals surface area contributed by atoms with Crippen LogP contribution in [0.1, 0.15) is 62.5 Å². The van der Waals surface area contributed by atoms with Gasteiger partial charge in [0, 0.05) is 12.0 Å². The van der Waals surface area contributed by atoms with Crippen LogP contribution in [-0.4, -0.2) is 5.60 Å². The lowest BCUT2D eigenvalue weighted by molar-refractivity contribution is 0.00670. The van der Waals surface area contributed by atoms with E-state index in [0.717, 1.165) is 37.0 Å². The number of hydrogen-bond donors (Lipinski definition) is 0. The van der Waals surface area contributed by atoms with Gasteiger partial charge in [0.2, 0.25) is 0 Å². The number of rotatable bonds is 1.